The Kier molecular flexibility index (Phi) is 5.24. The Balaban J connectivity index is 1.46. The molecule has 3 aromatic rings. The molecule has 0 amide bonds. The highest BCUT2D eigenvalue weighted by atomic mass is 19.1. The summed E-state index contributed by atoms with van der Waals surface area (Å²) < 4.78 is 18.7. The van der Waals surface area contributed by atoms with Gasteiger partial charge in [-0.25, -0.2) is 4.39 Å². The molecule has 1 aliphatic rings. The molecule has 27 heavy (non-hydrogen) atoms. The first-order chi connectivity index (χ1) is 13.3. The number of anilines is 3. The van der Waals surface area contributed by atoms with E-state index in [0.717, 1.165) is 30.2 Å². The monoisotopic (exact) mass is 362 g/mol. The van der Waals surface area contributed by atoms with Crippen molar-refractivity contribution in [2.24, 2.45) is 0 Å². The van der Waals surface area contributed by atoms with E-state index >= 15 is 0 Å². The average Bonchev–Trinajstić information content (AvgIpc) is 2.72. The zero-order chi connectivity index (χ0) is 18.5. The zero-order valence-electron chi connectivity index (χ0n) is 15.2. The van der Waals surface area contributed by atoms with Crippen molar-refractivity contribution in [1.29, 1.82) is 0 Å². The number of rotatable bonds is 5. The Morgan fingerprint density at radius 3 is 2.07 bits per heavy atom. The van der Waals surface area contributed by atoms with Gasteiger partial charge in [-0.3, -0.25) is 0 Å². The highest BCUT2D eigenvalue weighted by Crippen LogP contribution is 2.31. The fourth-order valence-electron chi connectivity index (χ4n) is 3.39. The first kappa shape index (κ1) is 17.4. The lowest BCUT2D eigenvalue weighted by Crippen LogP contribution is -2.29. The maximum absolute atomic E-state index is 13.0. The van der Waals surface area contributed by atoms with Crippen molar-refractivity contribution in [1.82, 2.24) is 0 Å². The van der Waals surface area contributed by atoms with E-state index in [9.17, 15) is 4.39 Å². The Labute approximate surface area is 159 Å². The van der Waals surface area contributed by atoms with Gasteiger partial charge in [0.05, 0.1) is 11.4 Å². The molecule has 138 valence electrons. The van der Waals surface area contributed by atoms with E-state index in [-0.39, 0.29) is 5.82 Å². The Bertz CT molecular complexity index is 872. The molecule has 4 rings (SSSR count). The van der Waals surface area contributed by atoms with E-state index in [2.05, 4.69) is 34.5 Å². The van der Waals surface area contributed by atoms with Gasteiger partial charge in [-0.1, -0.05) is 12.1 Å². The largest absolute Gasteiger partial charge is 0.457 e. The van der Waals surface area contributed by atoms with E-state index in [4.69, 9.17) is 4.74 Å². The van der Waals surface area contributed by atoms with Crippen molar-refractivity contribution in [3.8, 4) is 11.5 Å². The zero-order valence-corrected chi connectivity index (χ0v) is 15.2. The molecular formula is C23H23FN2O. The summed E-state index contributed by atoms with van der Waals surface area (Å²) in [5.41, 5.74) is 3.38. The van der Waals surface area contributed by atoms with Crippen LogP contribution in [0.1, 0.15) is 19.3 Å². The lowest BCUT2D eigenvalue weighted by Gasteiger charge is -2.30. The molecule has 0 aromatic heterocycles. The van der Waals surface area contributed by atoms with Crippen molar-refractivity contribution in [3.63, 3.8) is 0 Å². The van der Waals surface area contributed by atoms with Crippen molar-refractivity contribution >= 4 is 17.1 Å². The van der Waals surface area contributed by atoms with Gasteiger partial charge >= 0.3 is 0 Å². The first-order valence-electron chi connectivity index (χ1n) is 9.42. The third-order valence-electron chi connectivity index (χ3n) is 4.78. The highest BCUT2D eigenvalue weighted by molar-refractivity contribution is 5.75. The van der Waals surface area contributed by atoms with Crippen LogP contribution in [0, 0.1) is 5.82 Å². The summed E-state index contributed by atoms with van der Waals surface area (Å²) >= 11 is 0. The molecule has 3 nitrogen and oxygen atoms in total. The molecule has 0 radical (unpaired) electrons. The minimum absolute atomic E-state index is 0.269. The maximum Gasteiger partial charge on any atom is 0.127 e. The topological polar surface area (TPSA) is 24.5 Å². The van der Waals surface area contributed by atoms with Crippen LogP contribution in [-0.4, -0.2) is 13.1 Å². The number of halogens is 1. The fourth-order valence-corrected chi connectivity index (χ4v) is 3.39. The first-order valence-corrected chi connectivity index (χ1v) is 9.42. The molecule has 1 saturated heterocycles. The van der Waals surface area contributed by atoms with Crippen LogP contribution in [0.15, 0.2) is 72.8 Å². The maximum atomic E-state index is 13.0. The Morgan fingerprint density at radius 2 is 1.37 bits per heavy atom. The smallest absolute Gasteiger partial charge is 0.127 e. The van der Waals surface area contributed by atoms with Crippen LogP contribution in [0.3, 0.4) is 0 Å². The van der Waals surface area contributed by atoms with Gasteiger partial charge in [-0.05, 0) is 79.9 Å². The van der Waals surface area contributed by atoms with Crippen LogP contribution >= 0.6 is 0 Å². The van der Waals surface area contributed by atoms with Crippen LogP contribution in [0.5, 0.6) is 11.5 Å². The van der Waals surface area contributed by atoms with Crippen molar-refractivity contribution in [3.05, 3.63) is 78.6 Å². The second-order valence-electron chi connectivity index (χ2n) is 6.77. The fraction of sp³-hybridized carbons (Fsp3) is 0.217. The summed E-state index contributed by atoms with van der Waals surface area (Å²) in [4.78, 5) is 2.46. The summed E-state index contributed by atoms with van der Waals surface area (Å²) in [6, 6.07) is 22.3. The molecule has 0 aliphatic carbocycles. The van der Waals surface area contributed by atoms with Gasteiger partial charge in [-0.15, -0.1) is 0 Å². The minimum atomic E-state index is -0.269. The summed E-state index contributed by atoms with van der Waals surface area (Å²) in [6.45, 7) is 2.23. The molecule has 0 unspecified atom stereocenters. The molecule has 1 heterocycles. The lowest BCUT2D eigenvalue weighted by atomic mass is 10.1. The average molecular weight is 362 g/mol. The number of nitrogens with zero attached hydrogens (tertiary/aromatic N) is 1. The number of piperidine rings is 1. The summed E-state index contributed by atoms with van der Waals surface area (Å²) in [5.74, 6) is 1.07. The number of nitrogens with one attached hydrogen (secondary N) is 1. The van der Waals surface area contributed by atoms with Crippen molar-refractivity contribution < 1.29 is 9.13 Å². The van der Waals surface area contributed by atoms with E-state index in [1.165, 1.54) is 37.1 Å². The van der Waals surface area contributed by atoms with E-state index < -0.39 is 0 Å². The predicted molar refractivity (Wildman–Crippen MR) is 109 cm³/mol. The molecule has 1 fully saturated rings. The highest BCUT2D eigenvalue weighted by Gasteiger charge is 2.14. The third-order valence-corrected chi connectivity index (χ3v) is 4.78. The number of hydrogen-bond donors (Lipinski definition) is 1. The van der Waals surface area contributed by atoms with Crippen molar-refractivity contribution in [2.45, 2.75) is 19.3 Å². The van der Waals surface area contributed by atoms with Gasteiger partial charge in [0.1, 0.15) is 17.3 Å². The molecule has 0 saturated carbocycles. The second kappa shape index (κ2) is 8.12. The number of benzene rings is 3. The van der Waals surface area contributed by atoms with E-state index in [0.29, 0.717) is 5.75 Å². The van der Waals surface area contributed by atoms with Gasteiger partial charge in [0.2, 0.25) is 0 Å². The van der Waals surface area contributed by atoms with E-state index in [1.54, 1.807) is 12.1 Å². The van der Waals surface area contributed by atoms with Crippen molar-refractivity contribution in [2.75, 3.05) is 23.3 Å². The SMILES string of the molecule is Fc1ccc(Oc2ccc(Nc3ccccc3N3CCCCC3)cc2)cc1. The van der Waals surface area contributed by atoms with Gasteiger partial charge < -0.3 is 15.0 Å². The molecule has 1 aliphatic heterocycles. The molecule has 1 N–H and O–H groups in total. The summed E-state index contributed by atoms with van der Waals surface area (Å²) in [7, 11) is 0. The van der Waals surface area contributed by atoms with Crippen LogP contribution in [0.2, 0.25) is 0 Å². The van der Waals surface area contributed by atoms with Gasteiger partial charge in [-0.2, -0.15) is 0 Å². The van der Waals surface area contributed by atoms with E-state index in [1.807, 2.05) is 24.3 Å². The minimum Gasteiger partial charge on any atom is -0.457 e. The standard InChI is InChI=1S/C23H23FN2O/c24-18-8-12-20(13-9-18)27-21-14-10-19(11-15-21)25-22-6-2-3-7-23(22)26-16-4-1-5-17-26/h2-3,6-15,25H,1,4-5,16-17H2. The second-order valence-corrected chi connectivity index (χ2v) is 6.77. The quantitative estimate of drug-likeness (QED) is 0.572. The van der Waals surface area contributed by atoms with Crippen LogP contribution in [0.25, 0.3) is 0 Å². The number of ether oxygens (including phenoxy) is 1. The normalized spacial score (nSPS) is 14.0. The molecule has 0 atom stereocenters. The number of para-hydroxylation sites is 2. The summed E-state index contributed by atoms with van der Waals surface area (Å²) in [5, 5.41) is 3.52. The van der Waals surface area contributed by atoms with Crippen LogP contribution in [0.4, 0.5) is 21.5 Å². The summed E-state index contributed by atoms with van der Waals surface area (Å²) in [6.07, 6.45) is 3.83. The molecule has 0 spiro atoms. The predicted octanol–water partition coefficient (Wildman–Crippen LogP) is 6.35. The van der Waals surface area contributed by atoms with Gasteiger partial charge in [0.25, 0.3) is 0 Å². The van der Waals surface area contributed by atoms with Gasteiger partial charge in [0, 0.05) is 18.8 Å². The van der Waals surface area contributed by atoms with Crippen LogP contribution < -0.4 is 15.0 Å². The number of hydrogen-bond acceptors (Lipinski definition) is 3. The molecule has 4 heteroatoms. The Morgan fingerprint density at radius 1 is 0.741 bits per heavy atom. The van der Waals surface area contributed by atoms with Crippen LogP contribution in [-0.2, 0) is 0 Å². The van der Waals surface area contributed by atoms with Gasteiger partial charge in [0.15, 0.2) is 0 Å². The molecular weight excluding hydrogens is 339 g/mol. The molecule has 3 aromatic carbocycles. The Hall–Kier alpha value is -3.01. The lowest BCUT2D eigenvalue weighted by molar-refractivity contribution is 0.480. The third kappa shape index (κ3) is 4.40. The molecule has 0 bridgehead atoms.